The summed E-state index contributed by atoms with van der Waals surface area (Å²) in [5.74, 6) is -1.45. The SMILES string of the molecule is CC(C)=CCC/C(C)=C/CC/C1=C/CSCC(NC(=O)CC(C)C(=O)O)C(=O)NN1. The number of hydrazine groups is 1. The Labute approximate surface area is 183 Å². The Morgan fingerprint density at radius 2 is 2.00 bits per heavy atom. The minimum absolute atomic E-state index is 0.153. The summed E-state index contributed by atoms with van der Waals surface area (Å²) in [6, 6.07) is -0.707. The van der Waals surface area contributed by atoms with Crippen LogP contribution in [0.2, 0.25) is 0 Å². The van der Waals surface area contributed by atoms with E-state index >= 15 is 0 Å². The summed E-state index contributed by atoms with van der Waals surface area (Å²) in [6.07, 6.45) is 10.1. The normalized spacial score (nSPS) is 20.3. The molecule has 1 rings (SSSR count). The van der Waals surface area contributed by atoms with Crippen molar-refractivity contribution in [2.45, 2.75) is 65.8 Å². The Kier molecular flexibility index (Phi) is 12.0. The van der Waals surface area contributed by atoms with Crippen molar-refractivity contribution >= 4 is 29.5 Å². The summed E-state index contributed by atoms with van der Waals surface area (Å²) in [6.45, 7) is 7.82. The Morgan fingerprint density at radius 3 is 2.67 bits per heavy atom. The van der Waals surface area contributed by atoms with Crippen molar-refractivity contribution < 1.29 is 19.5 Å². The lowest BCUT2D eigenvalue weighted by atomic mass is 10.1. The van der Waals surface area contributed by atoms with Crippen LogP contribution in [-0.2, 0) is 14.4 Å². The van der Waals surface area contributed by atoms with Gasteiger partial charge in [-0.2, -0.15) is 11.8 Å². The van der Waals surface area contributed by atoms with Gasteiger partial charge in [0.1, 0.15) is 6.04 Å². The average Bonchev–Trinajstić information content (AvgIpc) is 2.74. The molecule has 1 aliphatic rings. The van der Waals surface area contributed by atoms with Crippen LogP contribution in [0.3, 0.4) is 0 Å². The molecule has 0 radical (unpaired) electrons. The fourth-order valence-corrected chi connectivity index (χ4v) is 3.68. The van der Waals surface area contributed by atoms with Gasteiger partial charge < -0.3 is 15.8 Å². The van der Waals surface area contributed by atoms with Gasteiger partial charge in [-0.1, -0.05) is 36.3 Å². The maximum atomic E-state index is 12.4. The van der Waals surface area contributed by atoms with Gasteiger partial charge in [-0.3, -0.25) is 19.8 Å². The van der Waals surface area contributed by atoms with Crippen LogP contribution < -0.4 is 16.2 Å². The van der Waals surface area contributed by atoms with Crippen molar-refractivity contribution in [2.24, 2.45) is 5.92 Å². The molecule has 0 aromatic carbocycles. The zero-order valence-corrected chi connectivity index (χ0v) is 19.2. The Morgan fingerprint density at radius 1 is 1.27 bits per heavy atom. The second kappa shape index (κ2) is 13.9. The van der Waals surface area contributed by atoms with Crippen molar-refractivity contribution in [2.75, 3.05) is 11.5 Å². The largest absolute Gasteiger partial charge is 0.481 e. The van der Waals surface area contributed by atoms with Gasteiger partial charge in [0.2, 0.25) is 5.91 Å². The molecule has 8 heteroatoms. The lowest BCUT2D eigenvalue weighted by Crippen LogP contribution is -2.51. The minimum atomic E-state index is -1.03. The molecule has 2 atom stereocenters. The van der Waals surface area contributed by atoms with E-state index in [1.54, 1.807) is 11.8 Å². The molecule has 0 aliphatic carbocycles. The van der Waals surface area contributed by atoms with Crippen LogP contribution in [0.15, 0.2) is 35.1 Å². The summed E-state index contributed by atoms with van der Waals surface area (Å²) >= 11 is 1.55. The van der Waals surface area contributed by atoms with E-state index in [0.717, 1.165) is 37.1 Å². The van der Waals surface area contributed by atoms with Gasteiger partial charge in [0.05, 0.1) is 5.92 Å². The average molecular weight is 438 g/mol. The van der Waals surface area contributed by atoms with Crippen molar-refractivity contribution in [1.82, 2.24) is 16.2 Å². The Bertz CT molecular complexity index is 696. The van der Waals surface area contributed by atoms with Gasteiger partial charge >= 0.3 is 5.97 Å². The molecule has 0 saturated heterocycles. The number of carboxylic acid groups (broad SMARTS) is 1. The highest BCUT2D eigenvalue weighted by Crippen LogP contribution is 2.13. The molecule has 2 amide bonds. The number of carboxylic acids is 1. The third-order valence-corrected chi connectivity index (χ3v) is 5.61. The van der Waals surface area contributed by atoms with Crippen LogP contribution in [-0.4, -0.2) is 40.4 Å². The molecule has 1 aliphatic heterocycles. The molecule has 0 aromatic heterocycles. The van der Waals surface area contributed by atoms with Crippen molar-refractivity contribution in [1.29, 1.82) is 0 Å². The predicted octanol–water partition coefficient (Wildman–Crippen LogP) is 3.31. The smallest absolute Gasteiger partial charge is 0.306 e. The number of hydrogen-bond acceptors (Lipinski definition) is 5. The first kappa shape index (κ1) is 25.8. The Hall–Kier alpha value is -2.22. The number of allylic oxidation sites excluding steroid dienone is 5. The van der Waals surface area contributed by atoms with Gasteiger partial charge in [0, 0.05) is 23.6 Å². The van der Waals surface area contributed by atoms with Crippen LogP contribution in [0.5, 0.6) is 0 Å². The fourth-order valence-electron chi connectivity index (χ4n) is 2.76. The number of rotatable bonds is 10. The lowest BCUT2D eigenvalue weighted by Gasteiger charge is -2.18. The van der Waals surface area contributed by atoms with Crippen LogP contribution in [0.25, 0.3) is 0 Å². The van der Waals surface area contributed by atoms with E-state index in [1.165, 1.54) is 18.1 Å². The van der Waals surface area contributed by atoms with Gasteiger partial charge in [-0.05, 0) is 46.5 Å². The molecular weight excluding hydrogens is 402 g/mol. The van der Waals surface area contributed by atoms with Crippen LogP contribution in [0.4, 0.5) is 0 Å². The molecule has 30 heavy (non-hydrogen) atoms. The summed E-state index contributed by atoms with van der Waals surface area (Å²) < 4.78 is 0. The van der Waals surface area contributed by atoms with E-state index in [-0.39, 0.29) is 12.3 Å². The molecule has 4 N–H and O–H groups in total. The third kappa shape index (κ3) is 11.1. The zero-order chi connectivity index (χ0) is 22.5. The topological polar surface area (TPSA) is 108 Å². The zero-order valence-electron chi connectivity index (χ0n) is 18.4. The highest BCUT2D eigenvalue weighted by molar-refractivity contribution is 7.99. The van der Waals surface area contributed by atoms with E-state index in [1.807, 2.05) is 6.08 Å². The summed E-state index contributed by atoms with van der Waals surface area (Å²) in [4.78, 5) is 35.3. The van der Waals surface area contributed by atoms with E-state index in [4.69, 9.17) is 5.11 Å². The maximum absolute atomic E-state index is 12.4. The number of nitrogens with one attached hydrogen (secondary N) is 3. The van der Waals surface area contributed by atoms with Crippen LogP contribution in [0, 0.1) is 5.92 Å². The molecule has 0 bridgehead atoms. The molecule has 1 heterocycles. The van der Waals surface area contributed by atoms with E-state index in [2.05, 4.69) is 49.1 Å². The molecule has 0 saturated carbocycles. The molecule has 168 valence electrons. The first-order valence-electron chi connectivity index (χ1n) is 10.3. The minimum Gasteiger partial charge on any atom is -0.481 e. The number of carbonyl (C=O) groups excluding carboxylic acids is 2. The highest BCUT2D eigenvalue weighted by atomic mass is 32.2. The number of thioether (sulfide) groups is 1. The van der Waals surface area contributed by atoms with Gasteiger partial charge in [0.15, 0.2) is 0 Å². The first-order valence-corrected chi connectivity index (χ1v) is 11.5. The summed E-state index contributed by atoms with van der Waals surface area (Å²) in [7, 11) is 0. The van der Waals surface area contributed by atoms with E-state index in [0.29, 0.717) is 5.75 Å². The standard InChI is InChI=1S/C22H35N3O4S/c1-15(2)7-5-8-16(3)9-6-10-18-11-12-30-14-19(21(27)25-24-18)23-20(26)13-17(4)22(28)29/h7,9,11,17,19,24H,5-6,8,10,12-14H2,1-4H3,(H,23,26)(H,25,27)(H,28,29)/b16-9+,18-11-. The fraction of sp³-hybridized carbons (Fsp3) is 0.591. The molecule has 2 unspecified atom stereocenters. The third-order valence-electron chi connectivity index (χ3n) is 4.64. The first-order chi connectivity index (χ1) is 14.2. The number of amides is 2. The lowest BCUT2D eigenvalue weighted by molar-refractivity contribution is -0.143. The number of aliphatic carboxylic acids is 1. The monoisotopic (exact) mass is 437 g/mol. The summed E-state index contributed by atoms with van der Waals surface area (Å²) in [5, 5.41) is 11.6. The van der Waals surface area contributed by atoms with Crippen LogP contribution >= 0.6 is 11.8 Å². The van der Waals surface area contributed by atoms with Gasteiger partial charge in [-0.25, -0.2) is 0 Å². The maximum Gasteiger partial charge on any atom is 0.306 e. The second-order valence-corrected chi connectivity index (χ2v) is 8.93. The molecule has 0 spiro atoms. The van der Waals surface area contributed by atoms with Crippen molar-refractivity contribution in [3.63, 3.8) is 0 Å². The molecule has 0 aromatic rings. The van der Waals surface area contributed by atoms with Crippen LogP contribution in [0.1, 0.15) is 59.8 Å². The highest BCUT2D eigenvalue weighted by Gasteiger charge is 2.24. The predicted molar refractivity (Wildman–Crippen MR) is 122 cm³/mol. The van der Waals surface area contributed by atoms with Crippen molar-refractivity contribution in [3.8, 4) is 0 Å². The van der Waals surface area contributed by atoms with Gasteiger partial charge in [0.25, 0.3) is 5.91 Å². The van der Waals surface area contributed by atoms with E-state index < -0.39 is 23.8 Å². The molecule has 0 fully saturated rings. The van der Waals surface area contributed by atoms with Crippen molar-refractivity contribution in [3.05, 3.63) is 35.1 Å². The quantitative estimate of drug-likeness (QED) is 0.391. The number of carbonyl (C=O) groups is 3. The molecular formula is C22H35N3O4S. The number of hydrogen-bond donors (Lipinski definition) is 4. The Balaban J connectivity index is 2.49. The molecule has 7 nitrogen and oxygen atoms in total. The van der Waals surface area contributed by atoms with Gasteiger partial charge in [-0.15, -0.1) is 0 Å². The van der Waals surface area contributed by atoms with E-state index in [9.17, 15) is 14.4 Å². The second-order valence-electron chi connectivity index (χ2n) is 7.85. The summed E-state index contributed by atoms with van der Waals surface area (Å²) in [5.41, 5.74) is 9.26.